The van der Waals surface area contributed by atoms with Crippen molar-refractivity contribution in [2.75, 3.05) is 26.7 Å². The molecule has 0 radical (unpaired) electrons. The molecule has 2 amide bonds. The van der Waals surface area contributed by atoms with Crippen LogP contribution in [0.5, 0.6) is 5.75 Å². The third kappa shape index (κ3) is 5.78. The number of carbonyl (C=O) groups excluding carboxylic acids is 2. The summed E-state index contributed by atoms with van der Waals surface area (Å²) in [5.41, 5.74) is 1.03. The van der Waals surface area contributed by atoms with E-state index < -0.39 is 17.5 Å². The van der Waals surface area contributed by atoms with Crippen LogP contribution in [-0.2, 0) is 11.2 Å². The van der Waals surface area contributed by atoms with Gasteiger partial charge < -0.3 is 15.0 Å². The summed E-state index contributed by atoms with van der Waals surface area (Å²) in [4.78, 5) is 26.2. The van der Waals surface area contributed by atoms with E-state index in [0.29, 0.717) is 25.1 Å². The van der Waals surface area contributed by atoms with Crippen LogP contribution in [0.3, 0.4) is 0 Å². The van der Waals surface area contributed by atoms with Crippen LogP contribution in [0, 0.1) is 17.6 Å². The monoisotopic (exact) mass is 416 g/mol. The summed E-state index contributed by atoms with van der Waals surface area (Å²) < 4.78 is 31.7. The molecule has 3 rings (SSSR count). The molecule has 0 atom stereocenters. The number of likely N-dealkylation sites (tertiary alicyclic amines) is 1. The fourth-order valence-electron chi connectivity index (χ4n) is 3.69. The molecule has 1 aliphatic heterocycles. The SMILES string of the molecule is COc1ccc(CC2CCN(C(=O)CCNC(=O)c3ccc(F)cc3F)CC2)cc1. The van der Waals surface area contributed by atoms with Gasteiger partial charge in [0, 0.05) is 32.1 Å². The van der Waals surface area contributed by atoms with Gasteiger partial charge in [-0.25, -0.2) is 8.78 Å². The highest BCUT2D eigenvalue weighted by atomic mass is 19.1. The summed E-state index contributed by atoms with van der Waals surface area (Å²) in [5.74, 6) is -0.972. The second-order valence-electron chi connectivity index (χ2n) is 7.51. The molecule has 1 saturated heterocycles. The normalized spacial score (nSPS) is 14.4. The standard InChI is InChI=1S/C23H26F2N2O3/c1-30-19-5-2-16(3-6-19)14-17-9-12-27(13-10-17)22(28)8-11-26-23(29)20-7-4-18(24)15-21(20)25/h2-7,15,17H,8-14H2,1H3,(H,26,29). The van der Waals surface area contributed by atoms with Gasteiger partial charge >= 0.3 is 0 Å². The molecule has 2 aromatic carbocycles. The molecule has 1 aliphatic rings. The zero-order valence-corrected chi connectivity index (χ0v) is 17.0. The molecule has 0 unspecified atom stereocenters. The minimum Gasteiger partial charge on any atom is -0.497 e. The number of rotatable bonds is 7. The maximum absolute atomic E-state index is 13.6. The first kappa shape index (κ1) is 21.7. The Hall–Kier alpha value is -2.96. The molecule has 0 saturated carbocycles. The van der Waals surface area contributed by atoms with E-state index in [9.17, 15) is 18.4 Å². The summed E-state index contributed by atoms with van der Waals surface area (Å²) in [7, 11) is 1.65. The van der Waals surface area contributed by atoms with Crippen LogP contribution in [0.15, 0.2) is 42.5 Å². The molecule has 0 bridgehead atoms. The van der Waals surface area contributed by atoms with Crippen molar-refractivity contribution in [2.45, 2.75) is 25.7 Å². The highest BCUT2D eigenvalue weighted by Crippen LogP contribution is 2.23. The van der Waals surface area contributed by atoms with E-state index in [4.69, 9.17) is 4.74 Å². The molecule has 0 aromatic heterocycles. The van der Waals surface area contributed by atoms with E-state index in [1.165, 1.54) is 5.56 Å². The highest BCUT2D eigenvalue weighted by Gasteiger charge is 2.23. The Morgan fingerprint density at radius 1 is 1.10 bits per heavy atom. The Labute approximate surface area is 175 Å². The van der Waals surface area contributed by atoms with Crippen molar-refractivity contribution in [2.24, 2.45) is 5.92 Å². The minimum atomic E-state index is -0.919. The molecular formula is C23H26F2N2O3. The molecule has 1 N–H and O–H groups in total. The number of hydrogen-bond acceptors (Lipinski definition) is 3. The first-order valence-corrected chi connectivity index (χ1v) is 10.1. The molecule has 160 valence electrons. The number of hydrogen-bond donors (Lipinski definition) is 1. The van der Waals surface area contributed by atoms with Gasteiger partial charge in [-0.2, -0.15) is 0 Å². The Morgan fingerprint density at radius 2 is 1.80 bits per heavy atom. The van der Waals surface area contributed by atoms with E-state index in [2.05, 4.69) is 17.4 Å². The number of nitrogens with one attached hydrogen (secondary N) is 1. The Bertz CT molecular complexity index is 879. The number of nitrogens with zero attached hydrogens (tertiary/aromatic N) is 1. The van der Waals surface area contributed by atoms with Gasteiger partial charge in [-0.05, 0) is 55.0 Å². The van der Waals surface area contributed by atoms with E-state index in [1.807, 2.05) is 17.0 Å². The topological polar surface area (TPSA) is 58.6 Å². The largest absolute Gasteiger partial charge is 0.497 e. The summed E-state index contributed by atoms with van der Waals surface area (Å²) in [6, 6.07) is 10.8. The lowest BCUT2D eigenvalue weighted by molar-refractivity contribution is -0.132. The van der Waals surface area contributed by atoms with Crippen molar-refractivity contribution in [3.8, 4) is 5.75 Å². The Balaban J connectivity index is 1.39. The van der Waals surface area contributed by atoms with Crippen molar-refractivity contribution < 1.29 is 23.1 Å². The second kappa shape index (κ2) is 10.2. The average molecular weight is 416 g/mol. The van der Waals surface area contributed by atoms with Crippen LogP contribution >= 0.6 is 0 Å². The zero-order chi connectivity index (χ0) is 21.5. The number of ether oxygens (including phenoxy) is 1. The van der Waals surface area contributed by atoms with Crippen molar-refractivity contribution in [3.05, 3.63) is 65.2 Å². The third-order valence-corrected chi connectivity index (χ3v) is 5.45. The lowest BCUT2D eigenvalue weighted by Gasteiger charge is -2.32. The maximum atomic E-state index is 13.6. The van der Waals surface area contributed by atoms with Crippen molar-refractivity contribution >= 4 is 11.8 Å². The predicted octanol–water partition coefficient (Wildman–Crippen LogP) is 3.57. The molecule has 1 fully saturated rings. The average Bonchev–Trinajstić information content (AvgIpc) is 2.74. The highest BCUT2D eigenvalue weighted by molar-refractivity contribution is 5.94. The molecule has 5 nitrogen and oxygen atoms in total. The molecular weight excluding hydrogens is 390 g/mol. The van der Waals surface area contributed by atoms with Crippen LogP contribution in [0.2, 0.25) is 0 Å². The van der Waals surface area contributed by atoms with E-state index in [1.54, 1.807) is 7.11 Å². The number of benzene rings is 2. The van der Waals surface area contributed by atoms with Gasteiger partial charge in [-0.3, -0.25) is 9.59 Å². The van der Waals surface area contributed by atoms with Crippen LogP contribution in [-0.4, -0.2) is 43.5 Å². The number of methoxy groups -OCH3 is 1. The summed E-state index contributed by atoms with van der Waals surface area (Å²) in [5, 5.41) is 2.52. The van der Waals surface area contributed by atoms with Crippen LogP contribution in [0.4, 0.5) is 8.78 Å². The molecule has 30 heavy (non-hydrogen) atoms. The fourth-order valence-corrected chi connectivity index (χ4v) is 3.69. The van der Waals surface area contributed by atoms with Crippen LogP contribution < -0.4 is 10.1 Å². The molecule has 2 aromatic rings. The van der Waals surface area contributed by atoms with Gasteiger partial charge in [0.15, 0.2) is 0 Å². The van der Waals surface area contributed by atoms with Gasteiger partial charge in [0.05, 0.1) is 12.7 Å². The van der Waals surface area contributed by atoms with Gasteiger partial charge in [0.25, 0.3) is 5.91 Å². The number of halogens is 2. The predicted molar refractivity (Wildman–Crippen MR) is 109 cm³/mol. The second-order valence-corrected chi connectivity index (χ2v) is 7.51. The number of piperidine rings is 1. The van der Waals surface area contributed by atoms with Crippen LogP contribution in [0.1, 0.15) is 35.2 Å². The zero-order valence-electron chi connectivity index (χ0n) is 17.0. The molecule has 0 spiro atoms. The quantitative estimate of drug-likeness (QED) is 0.751. The molecule has 7 heteroatoms. The first-order chi connectivity index (χ1) is 14.5. The van der Waals surface area contributed by atoms with Crippen molar-refractivity contribution in [1.82, 2.24) is 10.2 Å². The lowest BCUT2D eigenvalue weighted by atomic mass is 9.90. The smallest absolute Gasteiger partial charge is 0.254 e. The summed E-state index contributed by atoms with van der Waals surface area (Å²) in [6.07, 6.45) is 3.00. The number of carbonyl (C=O) groups is 2. The lowest BCUT2D eigenvalue weighted by Crippen LogP contribution is -2.40. The fraction of sp³-hybridized carbons (Fsp3) is 0.391. The van der Waals surface area contributed by atoms with Crippen LogP contribution in [0.25, 0.3) is 0 Å². The van der Waals surface area contributed by atoms with Gasteiger partial charge in [-0.1, -0.05) is 12.1 Å². The molecule has 0 aliphatic carbocycles. The van der Waals surface area contributed by atoms with Gasteiger partial charge in [0.2, 0.25) is 5.91 Å². The van der Waals surface area contributed by atoms with E-state index >= 15 is 0 Å². The van der Waals surface area contributed by atoms with Crippen molar-refractivity contribution in [3.63, 3.8) is 0 Å². The maximum Gasteiger partial charge on any atom is 0.254 e. The van der Waals surface area contributed by atoms with Crippen molar-refractivity contribution in [1.29, 1.82) is 0 Å². The minimum absolute atomic E-state index is 0.0298. The molecule has 1 heterocycles. The van der Waals surface area contributed by atoms with Gasteiger partial charge in [0.1, 0.15) is 17.4 Å². The van der Waals surface area contributed by atoms with E-state index in [-0.39, 0.29) is 24.4 Å². The van der Waals surface area contributed by atoms with Gasteiger partial charge in [-0.15, -0.1) is 0 Å². The summed E-state index contributed by atoms with van der Waals surface area (Å²) >= 11 is 0. The number of amides is 2. The summed E-state index contributed by atoms with van der Waals surface area (Å²) in [6.45, 7) is 1.50. The Morgan fingerprint density at radius 3 is 2.43 bits per heavy atom. The Kier molecular flexibility index (Phi) is 7.38. The third-order valence-electron chi connectivity index (χ3n) is 5.45. The van der Waals surface area contributed by atoms with E-state index in [0.717, 1.165) is 37.1 Å². The first-order valence-electron chi connectivity index (χ1n) is 10.1.